The number of rotatable bonds is 5. The van der Waals surface area contributed by atoms with Crippen molar-refractivity contribution >= 4 is 11.9 Å². The molecule has 0 aliphatic rings. The molecule has 0 aromatic heterocycles. The van der Waals surface area contributed by atoms with Crippen LogP contribution in [0, 0.1) is 11.3 Å². The zero-order valence-corrected chi connectivity index (χ0v) is 10.5. The van der Waals surface area contributed by atoms with Gasteiger partial charge in [0.15, 0.2) is 0 Å². The molecule has 0 bridgehead atoms. The quantitative estimate of drug-likeness (QED) is 0.594. The average Bonchev–Trinajstić information content (AvgIpc) is 2.43. The van der Waals surface area contributed by atoms with Gasteiger partial charge in [0.2, 0.25) is 0 Å². The summed E-state index contributed by atoms with van der Waals surface area (Å²) >= 11 is 0. The van der Waals surface area contributed by atoms with E-state index in [4.69, 9.17) is 10.00 Å². The van der Waals surface area contributed by atoms with E-state index in [-0.39, 0.29) is 13.2 Å². The second-order valence-electron chi connectivity index (χ2n) is 3.46. The minimum absolute atomic E-state index is 0.0181. The Balaban J connectivity index is 2.51. The van der Waals surface area contributed by atoms with Crippen molar-refractivity contribution in [3.8, 4) is 6.07 Å². The standard InChI is InChI=1S/C14H13NO4/c1-2-18-13(16)7-8-14(17)19-10-12-6-4-3-5-11(12)9-15/h3-8H,2,10H2,1H3/b8-7+. The van der Waals surface area contributed by atoms with E-state index in [1.54, 1.807) is 31.2 Å². The number of nitrogens with zero attached hydrogens (tertiary/aromatic N) is 1. The SMILES string of the molecule is CCOC(=O)/C=C/C(=O)OCc1ccccc1C#N. The van der Waals surface area contributed by atoms with E-state index in [1.807, 2.05) is 6.07 Å². The molecule has 5 heteroatoms. The Kier molecular flexibility index (Phi) is 5.83. The van der Waals surface area contributed by atoms with Gasteiger partial charge in [0, 0.05) is 17.7 Å². The highest BCUT2D eigenvalue weighted by molar-refractivity contribution is 5.91. The smallest absolute Gasteiger partial charge is 0.331 e. The van der Waals surface area contributed by atoms with Crippen molar-refractivity contribution in [2.45, 2.75) is 13.5 Å². The maximum absolute atomic E-state index is 11.3. The van der Waals surface area contributed by atoms with Crippen molar-refractivity contribution in [2.24, 2.45) is 0 Å². The Bertz CT molecular complexity index is 528. The predicted octanol–water partition coefficient (Wildman–Crippen LogP) is 1.72. The van der Waals surface area contributed by atoms with E-state index in [9.17, 15) is 9.59 Å². The van der Waals surface area contributed by atoms with Crippen LogP contribution in [0.25, 0.3) is 0 Å². The first-order valence-corrected chi connectivity index (χ1v) is 5.67. The molecule has 0 fully saturated rings. The Morgan fingerprint density at radius 1 is 1.21 bits per heavy atom. The number of carbonyl (C=O) groups is 2. The minimum Gasteiger partial charge on any atom is -0.463 e. The lowest BCUT2D eigenvalue weighted by atomic mass is 10.1. The topological polar surface area (TPSA) is 76.4 Å². The van der Waals surface area contributed by atoms with E-state index in [2.05, 4.69) is 4.74 Å². The molecule has 0 aliphatic carbocycles. The lowest BCUT2D eigenvalue weighted by molar-refractivity contribution is -0.141. The maximum atomic E-state index is 11.3. The normalized spacial score (nSPS) is 9.89. The fourth-order valence-electron chi connectivity index (χ4n) is 1.28. The van der Waals surface area contributed by atoms with E-state index in [1.165, 1.54) is 0 Å². The first-order valence-electron chi connectivity index (χ1n) is 5.67. The number of hydrogen-bond acceptors (Lipinski definition) is 5. The minimum atomic E-state index is -0.666. The Morgan fingerprint density at radius 2 is 1.84 bits per heavy atom. The zero-order chi connectivity index (χ0) is 14.1. The number of esters is 2. The Labute approximate surface area is 111 Å². The number of benzene rings is 1. The number of carbonyl (C=O) groups excluding carboxylic acids is 2. The highest BCUT2D eigenvalue weighted by Gasteiger charge is 2.04. The molecule has 0 unspecified atom stereocenters. The summed E-state index contributed by atoms with van der Waals surface area (Å²) in [7, 11) is 0. The number of nitriles is 1. The largest absolute Gasteiger partial charge is 0.463 e. The molecule has 0 aliphatic heterocycles. The number of hydrogen-bond donors (Lipinski definition) is 0. The fraction of sp³-hybridized carbons (Fsp3) is 0.214. The van der Waals surface area contributed by atoms with Crippen LogP contribution in [0.3, 0.4) is 0 Å². The summed E-state index contributed by atoms with van der Waals surface area (Å²) < 4.78 is 9.53. The third-order valence-corrected chi connectivity index (χ3v) is 2.15. The molecule has 0 saturated carbocycles. The monoisotopic (exact) mass is 259 g/mol. The first kappa shape index (κ1) is 14.5. The van der Waals surface area contributed by atoms with E-state index < -0.39 is 11.9 Å². The van der Waals surface area contributed by atoms with Crippen molar-refractivity contribution < 1.29 is 19.1 Å². The molecular formula is C14H13NO4. The molecular weight excluding hydrogens is 246 g/mol. The molecule has 0 saturated heterocycles. The summed E-state index contributed by atoms with van der Waals surface area (Å²) in [6.07, 6.45) is 2.00. The molecule has 19 heavy (non-hydrogen) atoms. The van der Waals surface area contributed by atoms with E-state index >= 15 is 0 Å². The van der Waals surface area contributed by atoms with Crippen molar-refractivity contribution in [3.63, 3.8) is 0 Å². The highest BCUT2D eigenvalue weighted by atomic mass is 16.5. The Morgan fingerprint density at radius 3 is 2.47 bits per heavy atom. The molecule has 0 amide bonds. The molecule has 1 aromatic rings. The van der Waals surface area contributed by atoms with Crippen molar-refractivity contribution in [1.82, 2.24) is 0 Å². The van der Waals surface area contributed by atoms with E-state index in [0.717, 1.165) is 12.2 Å². The summed E-state index contributed by atoms with van der Waals surface area (Å²) in [6, 6.07) is 8.81. The van der Waals surface area contributed by atoms with Crippen molar-refractivity contribution in [1.29, 1.82) is 5.26 Å². The second-order valence-corrected chi connectivity index (χ2v) is 3.46. The van der Waals surface area contributed by atoms with Gasteiger partial charge in [-0.15, -0.1) is 0 Å². The maximum Gasteiger partial charge on any atom is 0.331 e. The van der Waals surface area contributed by atoms with Crippen LogP contribution < -0.4 is 0 Å². The van der Waals surface area contributed by atoms with Crippen molar-refractivity contribution in [3.05, 3.63) is 47.5 Å². The van der Waals surface area contributed by atoms with Gasteiger partial charge in [-0.2, -0.15) is 5.26 Å². The van der Waals surface area contributed by atoms with Crippen LogP contribution in [-0.4, -0.2) is 18.5 Å². The van der Waals surface area contributed by atoms with Crippen LogP contribution in [0.5, 0.6) is 0 Å². The van der Waals surface area contributed by atoms with Gasteiger partial charge in [0.25, 0.3) is 0 Å². The third kappa shape index (κ3) is 5.04. The summed E-state index contributed by atoms with van der Waals surface area (Å²) in [5, 5.41) is 8.85. The predicted molar refractivity (Wildman–Crippen MR) is 66.7 cm³/mol. The average molecular weight is 259 g/mol. The molecule has 5 nitrogen and oxygen atoms in total. The molecule has 0 atom stereocenters. The van der Waals surface area contributed by atoms with Crippen LogP contribution in [0.1, 0.15) is 18.1 Å². The van der Waals surface area contributed by atoms with Crippen LogP contribution in [0.15, 0.2) is 36.4 Å². The van der Waals surface area contributed by atoms with Crippen molar-refractivity contribution in [2.75, 3.05) is 6.61 Å². The van der Waals surface area contributed by atoms with Gasteiger partial charge >= 0.3 is 11.9 Å². The highest BCUT2D eigenvalue weighted by Crippen LogP contribution is 2.08. The molecule has 0 radical (unpaired) electrons. The van der Waals surface area contributed by atoms with Crippen LogP contribution in [-0.2, 0) is 25.7 Å². The van der Waals surface area contributed by atoms with Gasteiger partial charge in [-0.25, -0.2) is 9.59 Å². The van der Waals surface area contributed by atoms with Gasteiger partial charge in [-0.1, -0.05) is 18.2 Å². The Hall–Kier alpha value is -2.61. The molecule has 98 valence electrons. The van der Waals surface area contributed by atoms with Gasteiger partial charge in [0.05, 0.1) is 18.2 Å². The summed E-state index contributed by atoms with van der Waals surface area (Å²) in [5.41, 5.74) is 1.06. The molecule has 1 aromatic carbocycles. The molecule has 0 N–H and O–H groups in total. The van der Waals surface area contributed by atoms with Crippen LogP contribution in [0.4, 0.5) is 0 Å². The van der Waals surface area contributed by atoms with Gasteiger partial charge in [0.1, 0.15) is 6.61 Å². The summed E-state index contributed by atoms with van der Waals surface area (Å²) in [6.45, 7) is 1.90. The first-order chi connectivity index (χ1) is 9.17. The number of ether oxygens (including phenoxy) is 2. The van der Waals surface area contributed by atoms with Crippen LogP contribution in [0.2, 0.25) is 0 Å². The molecule has 0 heterocycles. The molecule has 1 rings (SSSR count). The van der Waals surface area contributed by atoms with E-state index in [0.29, 0.717) is 11.1 Å². The van der Waals surface area contributed by atoms with Gasteiger partial charge in [-0.05, 0) is 13.0 Å². The lowest BCUT2D eigenvalue weighted by Gasteiger charge is -2.03. The zero-order valence-electron chi connectivity index (χ0n) is 10.5. The fourth-order valence-corrected chi connectivity index (χ4v) is 1.28. The van der Waals surface area contributed by atoms with Gasteiger partial charge < -0.3 is 9.47 Å². The lowest BCUT2D eigenvalue weighted by Crippen LogP contribution is -2.05. The summed E-state index contributed by atoms with van der Waals surface area (Å²) in [4.78, 5) is 22.3. The third-order valence-electron chi connectivity index (χ3n) is 2.15. The van der Waals surface area contributed by atoms with Crippen LogP contribution >= 0.6 is 0 Å². The second kappa shape index (κ2) is 7.67. The summed E-state index contributed by atoms with van der Waals surface area (Å²) in [5.74, 6) is -1.27. The molecule has 0 spiro atoms. The van der Waals surface area contributed by atoms with Gasteiger partial charge in [-0.3, -0.25) is 0 Å².